The number of carbonyl (C=O) groups is 1. The summed E-state index contributed by atoms with van der Waals surface area (Å²) in [5.74, 6) is -0.909. The van der Waals surface area contributed by atoms with Gasteiger partial charge in [0.05, 0.1) is 16.8 Å². The molecule has 0 saturated carbocycles. The third kappa shape index (κ3) is 6.02. The van der Waals surface area contributed by atoms with Crippen LogP contribution in [0.5, 0.6) is 23.0 Å². The van der Waals surface area contributed by atoms with Crippen LogP contribution in [0, 0.1) is 11.6 Å². The molecule has 7 nitrogen and oxygen atoms in total. The average molecular weight is 511 g/mol. The molecule has 0 aliphatic rings. The number of hydrogen-bond acceptors (Lipinski definition) is 6. The Kier molecular flexibility index (Phi) is 6.98. The predicted octanol–water partition coefficient (Wildman–Crippen LogP) is 5.97. The first-order chi connectivity index (χ1) is 17.1. The Morgan fingerprint density at radius 2 is 1.53 bits per heavy atom. The van der Waals surface area contributed by atoms with E-state index in [2.05, 4.69) is 10.3 Å². The molecule has 0 aliphatic heterocycles. The Balaban J connectivity index is 1.58. The standard InChI is InChI=1S/C26H20F2N2O5S/c1-16(31)30-25-13-20(6-10-26(25)35-19-4-7-22(8-5-19)36(2,32)33)34-21-11-18(14-29-15-21)17-3-9-23(27)24(28)12-17/h3-15H,1-2H3,(H,30,31). The predicted molar refractivity (Wildman–Crippen MR) is 130 cm³/mol. The van der Waals surface area contributed by atoms with Crippen LogP contribution in [0.4, 0.5) is 14.5 Å². The molecule has 0 saturated heterocycles. The van der Waals surface area contributed by atoms with Gasteiger partial charge in [0.15, 0.2) is 27.2 Å². The molecule has 36 heavy (non-hydrogen) atoms. The third-order valence-corrected chi connectivity index (χ3v) is 6.07. The maximum atomic E-state index is 13.6. The van der Waals surface area contributed by atoms with Crippen LogP contribution < -0.4 is 14.8 Å². The minimum atomic E-state index is -3.35. The number of benzene rings is 3. The minimum Gasteiger partial charge on any atom is -0.456 e. The first kappa shape index (κ1) is 24.8. The quantitative estimate of drug-likeness (QED) is 0.329. The molecule has 0 spiro atoms. The van der Waals surface area contributed by atoms with E-state index in [9.17, 15) is 22.0 Å². The summed E-state index contributed by atoms with van der Waals surface area (Å²) in [7, 11) is -3.35. The average Bonchev–Trinajstić information content (AvgIpc) is 2.82. The van der Waals surface area contributed by atoms with Gasteiger partial charge in [-0.1, -0.05) is 6.07 Å². The lowest BCUT2D eigenvalue weighted by Gasteiger charge is -2.14. The first-order valence-corrected chi connectivity index (χ1v) is 12.5. The second kappa shape index (κ2) is 10.1. The molecule has 0 fully saturated rings. The van der Waals surface area contributed by atoms with Crippen LogP contribution in [-0.4, -0.2) is 25.6 Å². The van der Waals surface area contributed by atoms with Gasteiger partial charge in [0.2, 0.25) is 5.91 Å². The smallest absolute Gasteiger partial charge is 0.221 e. The van der Waals surface area contributed by atoms with Gasteiger partial charge in [0, 0.05) is 31.0 Å². The third-order valence-electron chi connectivity index (χ3n) is 4.94. The zero-order valence-electron chi connectivity index (χ0n) is 19.2. The molecule has 10 heteroatoms. The molecule has 3 aromatic carbocycles. The number of sulfone groups is 1. The van der Waals surface area contributed by atoms with E-state index in [0.717, 1.165) is 18.4 Å². The largest absolute Gasteiger partial charge is 0.456 e. The molecule has 4 aromatic rings. The highest BCUT2D eigenvalue weighted by Crippen LogP contribution is 2.35. The molecule has 0 unspecified atom stereocenters. The van der Waals surface area contributed by atoms with Gasteiger partial charge in [0.1, 0.15) is 17.2 Å². The summed E-state index contributed by atoms with van der Waals surface area (Å²) in [5, 5.41) is 2.67. The maximum absolute atomic E-state index is 13.6. The van der Waals surface area contributed by atoms with Crippen LogP contribution in [0.3, 0.4) is 0 Å². The number of pyridine rings is 1. The fourth-order valence-corrected chi connectivity index (χ4v) is 3.91. The van der Waals surface area contributed by atoms with Crippen molar-refractivity contribution in [3.63, 3.8) is 0 Å². The summed E-state index contributed by atoms with van der Waals surface area (Å²) in [4.78, 5) is 16.0. The van der Waals surface area contributed by atoms with E-state index in [4.69, 9.17) is 9.47 Å². The van der Waals surface area contributed by atoms with Crippen molar-refractivity contribution in [2.24, 2.45) is 0 Å². The zero-order valence-corrected chi connectivity index (χ0v) is 20.0. The molecule has 1 aromatic heterocycles. The fraction of sp³-hybridized carbons (Fsp3) is 0.0769. The number of hydrogen-bond donors (Lipinski definition) is 1. The van der Waals surface area contributed by atoms with Gasteiger partial charge in [-0.15, -0.1) is 0 Å². The van der Waals surface area contributed by atoms with Crippen molar-refractivity contribution in [3.05, 3.63) is 90.8 Å². The Hall–Kier alpha value is -4.31. The first-order valence-electron chi connectivity index (χ1n) is 10.6. The number of rotatable bonds is 7. The summed E-state index contributed by atoms with van der Waals surface area (Å²) in [6.07, 6.45) is 4.06. The highest BCUT2D eigenvalue weighted by molar-refractivity contribution is 7.90. The molecule has 1 heterocycles. The fourth-order valence-electron chi connectivity index (χ4n) is 3.28. The van der Waals surface area contributed by atoms with Crippen LogP contribution in [0.25, 0.3) is 11.1 Å². The summed E-state index contributed by atoms with van der Waals surface area (Å²) in [6.45, 7) is 1.34. The lowest BCUT2D eigenvalue weighted by molar-refractivity contribution is -0.114. The highest BCUT2D eigenvalue weighted by Gasteiger charge is 2.12. The number of ether oxygens (including phenoxy) is 2. The molecule has 0 aliphatic carbocycles. The Morgan fingerprint density at radius 1 is 0.806 bits per heavy atom. The Morgan fingerprint density at radius 3 is 2.19 bits per heavy atom. The number of anilines is 1. The normalized spacial score (nSPS) is 11.1. The number of amides is 1. The van der Waals surface area contributed by atoms with Crippen LogP contribution in [0.2, 0.25) is 0 Å². The van der Waals surface area contributed by atoms with E-state index in [-0.39, 0.29) is 10.8 Å². The van der Waals surface area contributed by atoms with Crippen molar-refractivity contribution in [2.75, 3.05) is 11.6 Å². The summed E-state index contributed by atoms with van der Waals surface area (Å²) < 4.78 is 61.9. The van der Waals surface area contributed by atoms with Crippen molar-refractivity contribution >= 4 is 21.4 Å². The zero-order chi connectivity index (χ0) is 25.9. The second-order valence-corrected chi connectivity index (χ2v) is 9.84. The van der Waals surface area contributed by atoms with Gasteiger partial charge >= 0.3 is 0 Å². The van der Waals surface area contributed by atoms with Crippen LogP contribution in [0.1, 0.15) is 6.92 Å². The van der Waals surface area contributed by atoms with Crippen LogP contribution in [0.15, 0.2) is 84.0 Å². The number of nitrogens with zero attached hydrogens (tertiary/aromatic N) is 1. The van der Waals surface area contributed by atoms with E-state index < -0.39 is 21.5 Å². The van der Waals surface area contributed by atoms with Gasteiger partial charge in [-0.2, -0.15) is 0 Å². The van der Waals surface area contributed by atoms with E-state index in [0.29, 0.717) is 39.8 Å². The Labute approximate surface area is 206 Å². The SMILES string of the molecule is CC(=O)Nc1cc(Oc2cncc(-c3ccc(F)c(F)c3)c2)ccc1Oc1ccc(S(C)(=O)=O)cc1. The molecular formula is C26H20F2N2O5S. The lowest BCUT2D eigenvalue weighted by Crippen LogP contribution is -2.07. The van der Waals surface area contributed by atoms with Gasteiger partial charge in [-0.05, 0) is 60.2 Å². The van der Waals surface area contributed by atoms with E-state index in [1.165, 1.54) is 49.6 Å². The van der Waals surface area contributed by atoms with Gasteiger partial charge in [-0.3, -0.25) is 9.78 Å². The van der Waals surface area contributed by atoms with Crippen LogP contribution >= 0.6 is 0 Å². The molecular weight excluding hydrogens is 490 g/mol. The number of aromatic nitrogens is 1. The van der Waals surface area contributed by atoms with E-state index >= 15 is 0 Å². The summed E-state index contributed by atoms with van der Waals surface area (Å²) in [5.41, 5.74) is 1.26. The van der Waals surface area contributed by atoms with Crippen molar-refractivity contribution in [1.82, 2.24) is 4.98 Å². The number of nitrogens with one attached hydrogen (secondary N) is 1. The van der Waals surface area contributed by atoms with Crippen molar-refractivity contribution in [3.8, 4) is 34.1 Å². The second-order valence-electron chi connectivity index (χ2n) is 7.83. The molecule has 0 radical (unpaired) electrons. The molecule has 4 rings (SSSR count). The monoisotopic (exact) mass is 510 g/mol. The van der Waals surface area contributed by atoms with Gasteiger partial charge in [0.25, 0.3) is 0 Å². The molecule has 184 valence electrons. The highest BCUT2D eigenvalue weighted by atomic mass is 32.2. The minimum absolute atomic E-state index is 0.153. The van der Waals surface area contributed by atoms with E-state index in [1.807, 2.05) is 0 Å². The number of carbonyl (C=O) groups excluding carboxylic acids is 1. The molecule has 0 atom stereocenters. The number of halogens is 2. The summed E-state index contributed by atoms with van der Waals surface area (Å²) >= 11 is 0. The van der Waals surface area contributed by atoms with E-state index in [1.54, 1.807) is 24.3 Å². The van der Waals surface area contributed by atoms with Crippen LogP contribution in [-0.2, 0) is 14.6 Å². The molecule has 0 bridgehead atoms. The van der Waals surface area contributed by atoms with Gasteiger partial charge < -0.3 is 14.8 Å². The topological polar surface area (TPSA) is 94.6 Å². The van der Waals surface area contributed by atoms with Crippen molar-refractivity contribution in [2.45, 2.75) is 11.8 Å². The summed E-state index contributed by atoms with van der Waals surface area (Å²) in [6, 6.07) is 15.8. The molecule has 1 N–H and O–H groups in total. The lowest BCUT2D eigenvalue weighted by atomic mass is 10.1. The van der Waals surface area contributed by atoms with Crippen molar-refractivity contribution in [1.29, 1.82) is 0 Å². The maximum Gasteiger partial charge on any atom is 0.221 e. The Bertz CT molecular complexity index is 1540. The van der Waals surface area contributed by atoms with Crippen molar-refractivity contribution < 1.29 is 31.5 Å². The molecule has 1 amide bonds. The van der Waals surface area contributed by atoms with Gasteiger partial charge in [-0.25, -0.2) is 17.2 Å².